The fraction of sp³-hybridized carbons (Fsp3) is 0.750. The SMILES string of the molecule is C=C[C@@H]1CN(C(=O)OC(C)(C)C)C[C@]1(C)N. The van der Waals surface area contributed by atoms with Gasteiger partial charge < -0.3 is 15.4 Å². The first-order valence-electron chi connectivity index (χ1n) is 5.55. The summed E-state index contributed by atoms with van der Waals surface area (Å²) in [5.74, 6) is 0.125. The minimum atomic E-state index is -0.464. The zero-order valence-corrected chi connectivity index (χ0v) is 10.6. The van der Waals surface area contributed by atoms with Gasteiger partial charge in [0.2, 0.25) is 0 Å². The molecule has 0 aromatic rings. The molecule has 1 amide bonds. The predicted octanol–water partition coefficient (Wildman–Crippen LogP) is 1.76. The number of carbonyl (C=O) groups is 1. The lowest BCUT2D eigenvalue weighted by Gasteiger charge is -2.25. The molecule has 0 radical (unpaired) electrons. The number of likely N-dealkylation sites (tertiary alicyclic amines) is 1. The number of hydrogen-bond donors (Lipinski definition) is 1. The fourth-order valence-electron chi connectivity index (χ4n) is 1.85. The van der Waals surface area contributed by atoms with Gasteiger partial charge in [-0.2, -0.15) is 0 Å². The summed E-state index contributed by atoms with van der Waals surface area (Å²) < 4.78 is 5.30. The Labute approximate surface area is 97.4 Å². The summed E-state index contributed by atoms with van der Waals surface area (Å²) in [5, 5.41) is 0. The smallest absolute Gasteiger partial charge is 0.410 e. The number of nitrogens with zero attached hydrogens (tertiary/aromatic N) is 1. The molecule has 0 saturated carbocycles. The van der Waals surface area contributed by atoms with E-state index in [4.69, 9.17) is 10.5 Å². The predicted molar refractivity (Wildman–Crippen MR) is 64.1 cm³/mol. The summed E-state index contributed by atoms with van der Waals surface area (Å²) in [5.41, 5.74) is 5.24. The summed E-state index contributed by atoms with van der Waals surface area (Å²) in [6.45, 7) is 12.3. The monoisotopic (exact) mass is 226 g/mol. The molecule has 0 aromatic carbocycles. The Morgan fingerprint density at radius 3 is 2.56 bits per heavy atom. The van der Waals surface area contributed by atoms with Crippen LogP contribution in [0.2, 0.25) is 0 Å². The highest BCUT2D eigenvalue weighted by Gasteiger charge is 2.41. The zero-order valence-electron chi connectivity index (χ0n) is 10.6. The molecule has 1 aliphatic rings. The van der Waals surface area contributed by atoms with Crippen LogP contribution in [0.15, 0.2) is 12.7 Å². The molecule has 1 rings (SSSR count). The van der Waals surface area contributed by atoms with Crippen molar-refractivity contribution in [2.75, 3.05) is 13.1 Å². The van der Waals surface area contributed by atoms with E-state index in [1.165, 1.54) is 0 Å². The average molecular weight is 226 g/mol. The normalized spacial score (nSPS) is 30.3. The third-order valence-corrected chi connectivity index (χ3v) is 2.73. The molecule has 0 aromatic heterocycles. The Morgan fingerprint density at radius 2 is 2.19 bits per heavy atom. The number of hydrogen-bond acceptors (Lipinski definition) is 3. The van der Waals surface area contributed by atoms with E-state index in [-0.39, 0.29) is 12.0 Å². The van der Waals surface area contributed by atoms with Crippen LogP contribution < -0.4 is 5.73 Å². The lowest BCUT2D eigenvalue weighted by Crippen LogP contribution is -2.45. The molecule has 1 heterocycles. The van der Waals surface area contributed by atoms with Crippen LogP contribution in [0.25, 0.3) is 0 Å². The largest absolute Gasteiger partial charge is 0.444 e. The van der Waals surface area contributed by atoms with Crippen molar-refractivity contribution in [3.63, 3.8) is 0 Å². The first-order chi connectivity index (χ1) is 7.15. The topological polar surface area (TPSA) is 55.6 Å². The summed E-state index contributed by atoms with van der Waals surface area (Å²) in [7, 11) is 0. The second-order valence-corrected chi connectivity index (χ2v) is 5.71. The first-order valence-corrected chi connectivity index (χ1v) is 5.55. The third-order valence-electron chi connectivity index (χ3n) is 2.73. The van der Waals surface area contributed by atoms with Crippen LogP contribution in [-0.4, -0.2) is 35.2 Å². The minimum Gasteiger partial charge on any atom is -0.444 e. The van der Waals surface area contributed by atoms with Crippen LogP contribution in [0.3, 0.4) is 0 Å². The average Bonchev–Trinajstić information content (AvgIpc) is 2.37. The number of nitrogens with two attached hydrogens (primary N) is 1. The minimum absolute atomic E-state index is 0.125. The van der Waals surface area contributed by atoms with Crippen LogP contribution in [0.5, 0.6) is 0 Å². The van der Waals surface area contributed by atoms with Gasteiger partial charge in [0.15, 0.2) is 0 Å². The molecule has 2 N–H and O–H groups in total. The molecule has 1 saturated heterocycles. The molecule has 1 fully saturated rings. The lowest BCUT2D eigenvalue weighted by molar-refractivity contribution is 0.0284. The highest BCUT2D eigenvalue weighted by atomic mass is 16.6. The van der Waals surface area contributed by atoms with E-state index in [9.17, 15) is 4.79 Å². The van der Waals surface area contributed by atoms with Gasteiger partial charge in [-0.1, -0.05) is 6.08 Å². The van der Waals surface area contributed by atoms with Gasteiger partial charge in [-0.3, -0.25) is 0 Å². The van der Waals surface area contributed by atoms with Crippen molar-refractivity contribution >= 4 is 6.09 Å². The van der Waals surface area contributed by atoms with Gasteiger partial charge in [-0.15, -0.1) is 6.58 Å². The van der Waals surface area contributed by atoms with E-state index in [1.54, 1.807) is 4.90 Å². The van der Waals surface area contributed by atoms with Crippen molar-refractivity contribution in [1.29, 1.82) is 0 Å². The van der Waals surface area contributed by atoms with E-state index in [1.807, 2.05) is 33.8 Å². The maximum absolute atomic E-state index is 11.8. The molecule has 4 nitrogen and oxygen atoms in total. The molecule has 92 valence electrons. The van der Waals surface area contributed by atoms with Crippen molar-refractivity contribution in [3.05, 3.63) is 12.7 Å². The van der Waals surface area contributed by atoms with Crippen LogP contribution >= 0.6 is 0 Å². The van der Waals surface area contributed by atoms with Crippen molar-refractivity contribution in [2.24, 2.45) is 11.7 Å². The Morgan fingerprint density at radius 1 is 1.62 bits per heavy atom. The Bertz CT molecular complexity index is 292. The van der Waals surface area contributed by atoms with Crippen molar-refractivity contribution in [3.8, 4) is 0 Å². The second-order valence-electron chi connectivity index (χ2n) is 5.71. The molecular weight excluding hydrogens is 204 g/mol. The highest BCUT2D eigenvalue weighted by Crippen LogP contribution is 2.27. The van der Waals surface area contributed by atoms with Crippen molar-refractivity contribution in [2.45, 2.75) is 38.8 Å². The van der Waals surface area contributed by atoms with E-state index >= 15 is 0 Å². The molecular formula is C12H22N2O2. The highest BCUT2D eigenvalue weighted by molar-refractivity contribution is 5.69. The summed E-state index contributed by atoms with van der Waals surface area (Å²) in [6, 6.07) is 0. The van der Waals surface area contributed by atoms with Crippen molar-refractivity contribution in [1.82, 2.24) is 4.90 Å². The van der Waals surface area contributed by atoms with Crippen molar-refractivity contribution < 1.29 is 9.53 Å². The zero-order chi connectivity index (χ0) is 12.6. The lowest BCUT2D eigenvalue weighted by atomic mass is 9.91. The Kier molecular flexibility index (Phi) is 3.33. The van der Waals surface area contributed by atoms with Crippen LogP contribution in [-0.2, 0) is 4.74 Å². The molecule has 1 aliphatic heterocycles. The van der Waals surface area contributed by atoms with Gasteiger partial charge in [0.25, 0.3) is 0 Å². The summed E-state index contributed by atoms with van der Waals surface area (Å²) >= 11 is 0. The van der Waals surface area contributed by atoms with E-state index in [0.29, 0.717) is 13.1 Å². The fourth-order valence-corrected chi connectivity index (χ4v) is 1.85. The van der Waals surface area contributed by atoms with Crippen LogP contribution in [0.4, 0.5) is 4.79 Å². The van der Waals surface area contributed by atoms with E-state index in [2.05, 4.69) is 6.58 Å². The molecule has 0 spiro atoms. The van der Waals surface area contributed by atoms with Gasteiger partial charge in [0.05, 0.1) is 0 Å². The number of ether oxygens (including phenoxy) is 1. The quantitative estimate of drug-likeness (QED) is 0.693. The Hall–Kier alpha value is -1.03. The molecule has 4 heteroatoms. The van der Waals surface area contributed by atoms with E-state index < -0.39 is 11.1 Å². The van der Waals surface area contributed by atoms with Crippen LogP contribution in [0.1, 0.15) is 27.7 Å². The number of amides is 1. The number of carbonyl (C=O) groups excluding carboxylic acids is 1. The van der Waals surface area contributed by atoms with Crippen LogP contribution in [0, 0.1) is 5.92 Å². The molecule has 0 aliphatic carbocycles. The molecule has 0 bridgehead atoms. The second kappa shape index (κ2) is 4.09. The van der Waals surface area contributed by atoms with Gasteiger partial charge in [0, 0.05) is 24.5 Å². The molecule has 2 atom stereocenters. The number of rotatable bonds is 1. The molecule has 16 heavy (non-hydrogen) atoms. The first kappa shape index (κ1) is 13.0. The third kappa shape index (κ3) is 2.98. The van der Waals surface area contributed by atoms with E-state index in [0.717, 1.165) is 0 Å². The Balaban J connectivity index is 2.65. The van der Waals surface area contributed by atoms with Gasteiger partial charge in [-0.05, 0) is 27.7 Å². The summed E-state index contributed by atoms with van der Waals surface area (Å²) in [4.78, 5) is 13.5. The maximum atomic E-state index is 11.8. The van der Waals surface area contributed by atoms with Gasteiger partial charge in [-0.25, -0.2) is 4.79 Å². The standard InChI is InChI=1S/C12H22N2O2/c1-6-9-7-14(8-12(9,5)13)10(15)16-11(2,3)4/h6,9H,1,7-8,13H2,2-5H3/t9-,12+/m1/s1. The summed E-state index contributed by atoms with van der Waals surface area (Å²) in [6.07, 6.45) is 1.51. The maximum Gasteiger partial charge on any atom is 0.410 e. The van der Waals surface area contributed by atoms with Gasteiger partial charge in [0.1, 0.15) is 5.60 Å². The molecule has 0 unspecified atom stereocenters. The van der Waals surface area contributed by atoms with Gasteiger partial charge >= 0.3 is 6.09 Å².